The van der Waals surface area contributed by atoms with E-state index in [1.54, 1.807) is 49.9 Å². The van der Waals surface area contributed by atoms with Crippen LogP contribution in [-0.4, -0.2) is 17.9 Å². The van der Waals surface area contributed by atoms with Gasteiger partial charge in [0, 0.05) is 29.1 Å². The predicted molar refractivity (Wildman–Crippen MR) is 101 cm³/mol. The minimum Gasteiger partial charge on any atom is -0.497 e. The first-order chi connectivity index (χ1) is 12.8. The fraction of sp³-hybridized carbons (Fsp3) is 0.0909. The summed E-state index contributed by atoms with van der Waals surface area (Å²) in [5.74, 6) is 1.28. The molecule has 0 saturated heterocycles. The largest absolute Gasteiger partial charge is 0.497 e. The number of carbonyl (C=O) groups is 1. The number of pyridine rings is 1. The molecule has 0 radical (unpaired) electrons. The number of ether oxygens (including phenoxy) is 2. The molecule has 0 aliphatic carbocycles. The van der Waals surface area contributed by atoms with Crippen molar-refractivity contribution in [2.24, 2.45) is 0 Å². The van der Waals surface area contributed by atoms with Gasteiger partial charge >= 0.3 is 0 Å². The van der Waals surface area contributed by atoms with Crippen molar-refractivity contribution in [3.8, 4) is 11.5 Å². The normalized spacial score (nSPS) is 10.7. The summed E-state index contributed by atoms with van der Waals surface area (Å²) in [6, 6.07) is 18.5. The summed E-state index contributed by atoms with van der Waals surface area (Å²) in [6.45, 7) is 0.419. The number of hydrogen-bond donors (Lipinski definition) is 0. The van der Waals surface area contributed by atoms with Gasteiger partial charge < -0.3 is 9.47 Å². The highest BCUT2D eigenvalue weighted by Gasteiger charge is 2.05. The molecule has 0 atom stereocenters. The van der Waals surface area contributed by atoms with E-state index >= 15 is 0 Å². The highest BCUT2D eigenvalue weighted by atomic mass is 16.5. The minimum atomic E-state index is -0.0917. The maximum Gasteiger partial charge on any atom is 0.185 e. The zero-order chi connectivity index (χ0) is 18.2. The molecule has 0 N–H and O–H groups in total. The number of nitrogens with zero attached hydrogens (tertiary/aromatic N) is 1. The Morgan fingerprint density at radius 2 is 1.96 bits per heavy atom. The number of ketones is 1. The van der Waals surface area contributed by atoms with Crippen LogP contribution in [0.25, 0.3) is 6.08 Å². The van der Waals surface area contributed by atoms with E-state index in [-0.39, 0.29) is 5.78 Å². The second-order valence-electron chi connectivity index (χ2n) is 5.62. The average Bonchev–Trinajstić information content (AvgIpc) is 2.72. The summed E-state index contributed by atoms with van der Waals surface area (Å²) in [5, 5.41) is 0. The molecule has 0 aliphatic rings. The van der Waals surface area contributed by atoms with Crippen molar-refractivity contribution in [2.75, 3.05) is 7.11 Å². The summed E-state index contributed by atoms with van der Waals surface area (Å²) in [6.07, 6.45) is 6.80. The summed E-state index contributed by atoms with van der Waals surface area (Å²) in [7, 11) is 1.58. The van der Waals surface area contributed by atoms with E-state index in [2.05, 4.69) is 4.98 Å². The molecule has 0 bridgehead atoms. The molecule has 130 valence electrons. The van der Waals surface area contributed by atoms with Crippen molar-refractivity contribution in [2.45, 2.75) is 6.61 Å². The second kappa shape index (κ2) is 8.62. The molecule has 1 aromatic heterocycles. The van der Waals surface area contributed by atoms with Gasteiger partial charge in [-0.25, -0.2) is 0 Å². The number of allylic oxidation sites excluding steroid dienone is 1. The number of aromatic nitrogens is 1. The quantitative estimate of drug-likeness (QED) is 0.465. The molecular weight excluding hydrogens is 326 g/mol. The molecular formula is C22H19NO3. The van der Waals surface area contributed by atoms with Gasteiger partial charge in [-0.3, -0.25) is 9.78 Å². The number of benzene rings is 2. The van der Waals surface area contributed by atoms with Gasteiger partial charge in [0.2, 0.25) is 0 Å². The van der Waals surface area contributed by atoms with Crippen LogP contribution in [0.5, 0.6) is 11.5 Å². The molecule has 0 aliphatic heterocycles. The monoisotopic (exact) mass is 345 g/mol. The van der Waals surface area contributed by atoms with Crippen molar-refractivity contribution in [3.63, 3.8) is 0 Å². The summed E-state index contributed by atoms with van der Waals surface area (Å²) in [4.78, 5) is 16.5. The standard InChI is InChI=1S/C22H19NO3/c1-25-20-9-4-8-19(14-20)21(24)12-11-18-7-2-3-10-22(18)26-16-17-6-5-13-23-15-17/h2-15H,16H2,1H3/b12-11+. The van der Waals surface area contributed by atoms with E-state index < -0.39 is 0 Å². The van der Waals surface area contributed by atoms with Crippen molar-refractivity contribution in [1.82, 2.24) is 4.98 Å². The van der Waals surface area contributed by atoms with E-state index in [0.29, 0.717) is 23.7 Å². The molecule has 4 nitrogen and oxygen atoms in total. The Morgan fingerprint density at radius 1 is 1.08 bits per heavy atom. The van der Waals surface area contributed by atoms with Gasteiger partial charge in [-0.2, -0.15) is 0 Å². The minimum absolute atomic E-state index is 0.0917. The van der Waals surface area contributed by atoms with Crippen molar-refractivity contribution in [3.05, 3.63) is 95.8 Å². The maximum absolute atomic E-state index is 12.4. The molecule has 0 fully saturated rings. The third-order valence-corrected chi connectivity index (χ3v) is 3.80. The van der Waals surface area contributed by atoms with Gasteiger partial charge in [0.15, 0.2) is 5.78 Å². The van der Waals surface area contributed by atoms with Gasteiger partial charge in [-0.15, -0.1) is 0 Å². The molecule has 1 heterocycles. The lowest BCUT2D eigenvalue weighted by atomic mass is 10.1. The lowest BCUT2D eigenvalue weighted by molar-refractivity contribution is 0.104. The van der Waals surface area contributed by atoms with Crippen LogP contribution in [0.4, 0.5) is 0 Å². The fourth-order valence-corrected chi connectivity index (χ4v) is 2.43. The van der Waals surface area contributed by atoms with E-state index in [0.717, 1.165) is 11.1 Å². The number of methoxy groups -OCH3 is 1. The first kappa shape index (κ1) is 17.4. The highest BCUT2D eigenvalue weighted by Crippen LogP contribution is 2.21. The summed E-state index contributed by atoms with van der Waals surface area (Å²) >= 11 is 0. The van der Waals surface area contributed by atoms with Crippen LogP contribution in [0.15, 0.2) is 79.1 Å². The molecule has 0 saturated carbocycles. The Bertz CT molecular complexity index is 904. The Kier molecular flexibility index (Phi) is 5.78. The molecule has 3 aromatic rings. The van der Waals surface area contributed by atoms with Gasteiger partial charge in [-0.05, 0) is 36.4 Å². The molecule has 4 heteroatoms. The Hall–Kier alpha value is -3.40. The SMILES string of the molecule is COc1cccc(C(=O)/C=C/c2ccccc2OCc2cccnc2)c1. The third-order valence-electron chi connectivity index (χ3n) is 3.80. The number of carbonyl (C=O) groups excluding carboxylic acids is 1. The average molecular weight is 345 g/mol. The third kappa shape index (κ3) is 4.57. The smallest absolute Gasteiger partial charge is 0.185 e. The summed E-state index contributed by atoms with van der Waals surface area (Å²) in [5.41, 5.74) is 2.40. The zero-order valence-electron chi connectivity index (χ0n) is 14.5. The Morgan fingerprint density at radius 3 is 2.77 bits per heavy atom. The Balaban J connectivity index is 1.73. The molecule has 0 spiro atoms. The number of hydrogen-bond acceptors (Lipinski definition) is 4. The second-order valence-corrected chi connectivity index (χ2v) is 5.62. The van der Waals surface area contributed by atoms with Crippen LogP contribution in [0.3, 0.4) is 0 Å². The summed E-state index contributed by atoms with van der Waals surface area (Å²) < 4.78 is 11.0. The topological polar surface area (TPSA) is 48.4 Å². The van der Waals surface area contributed by atoms with Crippen LogP contribution in [0, 0.1) is 0 Å². The lowest BCUT2D eigenvalue weighted by Crippen LogP contribution is -1.98. The zero-order valence-corrected chi connectivity index (χ0v) is 14.5. The van der Waals surface area contributed by atoms with E-state index in [1.165, 1.54) is 0 Å². The van der Waals surface area contributed by atoms with Crippen molar-refractivity contribution < 1.29 is 14.3 Å². The molecule has 2 aromatic carbocycles. The first-order valence-electron chi connectivity index (χ1n) is 8.23. The lowest BCUT2D eigenvalue weighted by Gasteiger charge is -2.09. The van der Waals surface area contributed by atoms with Gasteiger partial charge in [-0.1, -0.05) is 36.4 Å². The highest BCUT2D eigenvalue weighted by molar-refractivity contribution is 6.07. The van der Waals surface area contributed by atoms with E-state index in [4.69, 9.17) is 9.47 Å². The van der Waals surface area contributed by atoms with Crippen LogP contribution < -0.4 is 9.47 Å². The maximum atomic E-state index is 12.4. The molecule has 0 amide bonds. The number of rotatable bonds is 7. The van der Waals surface area contributed by atoms with Gasteiger partial charge in [0.25, 0.3) is 0 Å². The molecule has 26 heavy (non-hydrogen) atoms. The van der Waals surface area contributed by atoms with Crippen LogP contribution in [-0.2, 0) is 6.61 Å². The molecule has 3 rings (SSSR count). The molecule has 0 unspecified atom stereocenters. The Labute approximate surface area is 152 Å². The number of para-hydroxylation sites is 1. The fourth-order valence-electron chi connectivity index (χ4n) is 2.43. The van der Waals surface area contributed by atoms with Crippen molar-refractivity contribution >= 4 is 11.9 Å². The van der Waals surface area contributed by atoms with Gasteiger partial charge in [0.1, 0.15) is 18.1 Å². The van der Waals surface area contributed by atoms with E-state index in [1.807, 2.05) is 42.5 Å². The van der Waals surface area contributed by atoms with Crippen LogP contribution >= 0.6 is 0 Å². The van der Waals surface area contributed by atoms with Crippen LogP contribution in [0.2, 0.25) is 0 Å². The van der Waals surface area contributed by atoms with Gasteiger partial charge in [0.05, 0.1) is 7.11 Å². The van der Waals surface area contributed by atoms with Crippen molar-refractivity contribution in [1.29, 1.82) is 0 Å². The van der Waals surface area contributed by atoms with Crippen LogP contribution in [0.1, 0.15) is 21.5 Å². The first-order valence-corrected chi connectivity index (χ1v) is 8.23. The van der Waals surface area contributed by atoms with E-state index in [9.17, 15) is 4.79 Å². The predicted octanol–water partition coefficient (Wildman–Crippen LogP) is 4.57.